The van der Waals surface area contributed by atoms with Crippen LogP contribution in [0.1, 0.15) is 41.6 Å². The fourth-order valence-electron chi connectivity index (χ4n) is 2.50. The Hall–Kier alpha value is -1.12. The van der Waals surface area contributed by atoms with Crippen molar-refractivity contribution in [3.8, 4) is 0 Å². The molecule has 21 heavy (non-hydrogen) atoms. The maximum atomic E-state index is 3.71. The molecule has 0 aromatic heterocycles. The Morgan fingerprint density at radius 3 is 2.33 bits per heavy atom. The van der Waals surface area contributed by atoms with E-state index in [9.17, 15) is 0 Å². The summed E-state index contributed by atoms with van der Waals surface area (Å²) in [5.41, 5.74) is 5.35. The van der Waals surface area contributed by atoms with E-state index in [1.54, 1.807) is 0 Å². The van der Waals surface area contributed by atoms with Crippen molar-refractivity contribution in [2.75, 3.05) is 6.54 Å². The summed E-state index contributed by atoms with van der Waals surface area (Å²) in [6, 6.07) is 15.8. The van der Waals surface area contributed by atoms with Gasteiger partial charge >= 0.3 is 0 Å². The van der Waals surface area contributed by atoms with Crippen LogP contribution in [0, 0.1) is 13.8 Å². The quantitative estimate of drug-likeness (QED) is 0.743. The second-order valence-electron chi connectivity index (χ2n) is 5.72. The Bertz CT molecular complexity index is 575. The minimum Gasteiger partial charge on any atom is -0.310 e. The van der Waals surface area contributed by atoms with Gasteiger partial charge in [-0.25, -0.2) is 0 Å². The van der Waals surface area contributed by atoms with Gasteiger partial charge in [0.15, 0.2) is 0 Å². The van der Waals surface area contributed by atoms with Crippen molar-refractivity contribution >= 4 is 15.9 Å². The predicted octanol–water partition coefficient (Wildman–Crippen LogP) is 5.35. The standard InChI is InChI=1S/C19H24BrN/c1-4-11-21-19(13-16-8-5-14(2)6-9-16)17-12-15(3)7-10-18(17)20/h5-10,12,19,21H,4,11,13H2,1-3H3. The summed E-state index contributed by atoms with van der Waals surface area (Å²) in [5, 5.41) is 3.69. The third-order valence-electron chi connectivity index (χ3n) is 3.73. The smallest absolute Gasteiger partial charge is 0.0372 e. The summed E-state index contributed by atoms with van der Waals surface area (Å²) in [6.07, 6.45) is 2.16. The maximum absolute atomic E-state index is 3.71. The zero-order valence-electron chi connectivity index (χ0n) is 13.1. The second-order valence-corrected chi connectivity index (χ2v) is 6.58. The van der Waals surface area contributed by atoms with Gasteiger partial charge in [0, 0.05) is 10.5 Å². The van der Waals surface area contributed by atoms with E-state index in [1.165, 1.54) is 26.7 Å². The van der Waals surface area contributed by atoms with Gasteiger partial charge in [-0.1, -0.05) is 70.4 Å². The zero-order chi connectivity index (χ0) is 15.2. The largest absolute Gasteiger partial charge is 0.310 e. The number of aryl methyl sites for hydroxylation is 2. The molecule has 0 radical (unpaired) electrons. The van der Waals surface area contributed by atoms with Crippen LogP contribution in [0.4, 0.5) is 0 Å². The molecule has 0 saturated heterocycles. The molecule has 0 saturated carbocycles. The summed E-state index contributed by atoms with van der Waals surface area (Å²) in [6.45, 7) is 7.53. The first-order chi connectivity index (χ1) is 10.1. The van der Waals surface area contributed by atoms with Gasteiger partial charge in [0.05, 0.1) is 0 Å². The van der Waals surface area contributed by atoms with Gasteiger partial charge in [-0.2, -0.15) is 0 Å². The minimum atomic E-state index is 0.349. The summed E-state index contributed by atoms with van der Waals surface area (Å²) < 4.78 is 1.19. The third-order valence-corrected chi connectivity index (χ3v) is 4.45. The van der Waals surface area contributed by atoms with Gasteiger partial charge in [-0.15, -0.1) is 0 Å². The van der Waals surface area contributed by atoms with Crippen LogP contribution >= 0.6 is 15.9 Å². The van der Waals surface area contributed by atoms with Gasteiger partial charge in [-0.05, 0) is 50.4 Å². The van der Waals surface area contributed by atoms with Crippen LogP contribution in [0.2, 0.25) is 0 Å². The van der Waals surface area contributed by atoms with E-state index < -0.39 is 0 Å². The van der Waals surface area contributed by atoms with Gasteiger partial charge < -0.3 is 5.32 Å². The van der Waals surface area contributed by atoms with Crippen molar-refractivity contribution < 1.29 is 0 Å². The molecule has 2 heteroatoms. The lowest BCUT2D eigenvalue weighted by Crippen LogP contribution is -2.24. The molecule has 1 nitrogen and oxygen atoms in total. The van der Waals surface area contributed by atoms with Gasteiger partial charge in [-0.3, -0.25) is 0 Å². The summed E-state index contributed by atoms with van der Waals surface area (Å²) >= 11 is 3.71. The van der Waals surface area contributed by atoms with Crippen molar-refractivity contribution in [1.82, 2.24) is 5.32 Å². The van der Waals surface area contributed by atoms with Crippen molar-refractivity contribution in [3.63, 3.8) is 0 Å². The van der Waals surface area contributed by atoms with E-state index >= 15 is 0 Å². The monoisotopic (exact) mass is 345 g/mol. The van der Waals surface area contributed by atoms with Crippen LogP contribution in [-0.2, 0) is 6.42 Å². The Morgan fingerprint density at radius 1 is 1.00 bits per heavy atom. The van der Waals surface area contributed by atoms with Crippen molar-refractivity contribution in [1.29, 1.82) is 0 Å². The molecule has 1 N–H and O–H groups in total. The Morgan fingerprint density at radius 2 is 1.67 bits per heavy atom. The first-order valence-electron chi connectivity index (χ1n) is 7.65. The summed E-state index contributed by atoms with van der Waals surface area (Å²) in [4.78, 5) is 0. The van der Waals surface area contributed by atoms with Crippen LogP contribution in [0.15, 0.2) is 46.9 Å². The van der Waals surface area contributed by atoms with Gasteiger partial charge in [0.2, 0.25) is 0 Å². The highest BCUT2D eigenvalue weighted by Gasteiger charge is 2.14. The minimum absolute atomic E-state index is 0.349. The lowest BCUT2D eigenvalue weighted by molar-refractivity contribution is 0.527. The van der Waals surface area contributed by atoms with Crippen LogP contribution in [0.3, 0.4) is 0 Å². The molecule has 0 heterocycles. The topological polar surface area (TPSA) is 12.0 Å². The first-order valence-corrected chi connectivity index (χ1v) is 8.44. The maximum Gasteiger partial charge on any atom is 0.0372 e. The predicted molar refractivity (Wildman–Crippen MR) is 94.8 cm³/mol. The van der Waals surface area contributed by atoms with Gasteiger partial charge in [0.25, 0.3) is 0 Å². The third kappa shape index (κ3) is 4.69. The molecule has 0 fully saturated rings. The zero-order valence-corrected chi connectivity index (χ0v) is 14.7. The number of benzene rings is 2. The van der Waals surface area contributed by atoms with Crippen LogP contribution in [-0.4, -0.2) is 6.54 Å². The summed E-state index contributed by atoms with van der Waals surface area (Å²) in [7, 11) is 0. The number of nitrogens with one attached hydrogen (secondary N) is 1. The molecule has 1 atom stereocenters. The average Bonchev–Trinajstić information content (AvgIpc) is 2.48. The number of hydrogen-bond donors (Lipinski definition) is 1. The lowest BCUT2D eigenvalue weighted by atomic mass is 9.97. The molecule has 0 aliphatic heterocycles. The lowest BCUT2D eigenvalue weighted by Gasteiger charge is -2.21. The van der Waals surface area contributed by atoms with Crippen LogP contribution in [0.5, 0.6) is 0 Å². The second kappa shape index (κ2) is 7.77. The molecule has 0 aliphatic rings. The molecule has 2 aromatic carbocycles. The highest BCUT2D eigenvalue weighted by atomic mass is 79.9. The summed E-state index contributed by atoms with van der Waals surface area (Å²) in [5.74, 6) is 0. The fourth-order valence-corrected chi connectivity index (χ4v) is 3.02. The highest BCUT2D eigenvalue weighted by Crippen LogP contribution is 2.27. The SMILES string of the molecule is CCCNC(Cc1ccc(C)cc1)c1cc(C)ccc1Br. The van der Waals surface area contributed by atoms with E-state index in [-0.39, 0.29) is 0 Å². The van der Waals surface area contributed by atoms with E-state index in [2.05, 4.69) is 84.5 Å². The fraction of sp³-hybridized carbons (Fsp3) is 0.368. The number of hydrogen-bond acceptors (Lipinski definition) is 1. The van der Waals surface area contributed by atoms with Crippen LogP contribution < -0.4 is 5.32 Å². The van der Waals surface area contributed by atoms with Gasteiger partial charge in [0.1, 0.15) is 0 Å². The molecule has 0 amide bonds. The van der Waals surface area contributed by atoms with Crippen molar-refractivity contribution in [2.24, 2.45) is 0 Å². The van der Waals surface area contributed by atoms with Crippen LogP contribution in [0.25, 0.3) is 0 Å². The van der Waals surface area contributed by atoms with E-state index in [4.69, 9.17) is 0 Å². The first kappa shape index (κ1) is 16.3. The van der Waals surface area contributed by atoms with Crippen molar-refractivity contribution in [2.45, 2.75) is 39.7 Å². The molecule has 2 aromatic rings. The molecule has 2 rings (SSSR count). The van der Waals surface area contributed by atoms with E-state index in [0.717, 1.165) is 19.4 Å². The molecule has 0 bridgehead atoms. The Kier molecular flexibility index (Phi) is 6.01. The molecule has 112 valence electrons. The molecule has 0 aliphatic carbocycles. The Labute approximate surface area is 136 Å². The Balaban J connectivity index is 2.25. The van der Waals surface area contributed by atoms with Crippen molar-refractivity contribution in [3.05, 3.63) is 69.2 Å². The highest BCUT2D eigenvalue weighted by molar-refractivity contribution is 9.10. The normalized spacial score (nSPS) is 12.4. The number of halogens is 1. The molecule has 1 unspecified atom stereocenters. The molecule has 0 spiro atoms. The van der Waals surface area contributed by atoms with E-state index in [0.29, 0.717) is 6.04 Å². The van der Waals surface area contributed by atoms with E-state index in [1.807, 2.05) is 0 Å². The molecular weight excluding hydrogens is 322 g/mol. The average molecular weight is 346 g/mol. The number of rotatable bonds is 6. The molecular formula is C19H24BrN.